The molecule has 0 bridgehead atoms. The van der Waals surface area contributed by atoms with Gasteiger partial charge in [-0.3, -0.25) is 0 Å². The first-order valence-corrected chi connectivity index (χ1v) is 9.09. The van der Waals surface area contributed by atoms with Gasteiger partial charge in [-0.1, -0.05) is 17.4 Å². The molecule has 0 N–H and O–H groups in total. The number of pyridine rings is 1. The number of aromatic nitrogens is 2. The van der Waals surface area contributed by atoms with Crippen LogP contribution in [-0.2, 0) is 0 Å². The lowest BCUT2D eigenvalue weighted by molar-refractivity contribution is 0.341. The summed E-state index contributed by atoms with van der Waals surface area (Å²) in [6.07, 6.45) is 1.85. The van der Waals surface area contributed by atoms with Gasteiger partial charge in [0.05, 0.1) is 16.8 Å². The van der Waals surface area contributed by atoms with Gasteiger partial charge in [-0.15, -0.1) is 0 Å². The largest absolute Gasteiger partial charge is 0.494 e. The van der Waals surface area contributed by atoms with Gasteiger partial charge in [0.2, 0.25) is 0 Å². The van der Waals surface area contributed by atoms with Crippen molar-refractivity contribution in [1.82, 2.24) is 9.97 Å². The molecule has 3 heterocycles. The molecule has 1 aliphatic rings. The van der Waals surface area contributed by atoms with Gasteiger partial charge >= 0.3 is 0 Å². The number of anilines is 2. The van der Waals surface area contributed by atoms with Crippen molar-refractivity contribution in [2.75, 3.05) is 42.6 Å². The van der Waals surface area contributed by atoms with Crippen LogP contribution in [0.4, 0.5) is 10.9 Å². The van der Waals surface area contributed by atoms with E-state index in [1.54, 1.807) is 11.3 Å². The Hall–Kier alpha value is -2.34. The summed E-state index contributed by atoms with van der Waals surface area (Å²) in [6, 6.07) is 12.2. The third-order valence-corrected chi connectivity index (χ3v) is 5.26. The molecule has 1 fully saturated rings. The smallest absolute Gasteiger partial charge is 0.186 e. The van der Waals surface area contributed by atoms with Crippen LogP contribution in [0.1, 0.15) is 6.92 Å². The molecule has 24 heavy (non-hydrogen) atoms. The van der Waals surface area contributed by atoms with Crippen LogP contribution in [0.15, 0.2) is 42.6 Å². The summed E-state index contributed by atoms with van der Waals surface area (Å²) in [5.41, 5.74) is 1.05. The third-order valence-electron chi connectivity index (χ3n) is 4.18. The van der Waals surface area contributed by atoms with Crippen LogP contribution in [0.2, 0.25) is 0 Å². The number of fused-ring (bicyclic) bond motifs is 1. The van der Waals surface area contributed by atoms with Crippen LogP contribution in [0.25, 0.3) is 10.2 Å². The molecule has 124 valence electrons. The van der Waals surface area contributed by atoms with Crippen molar-refractivity contribution in [3.63, 3.8) is 0 Å². The Labute approximate surface area is 145 Å². The van der Waals surface area contributed by atoms with Crippen LogP contribution in [-0.4, -0.2) is 42.8 Å². The van der Waals surface area contributed by atoms with Gasteiger partial charge in [0.25, 0.3) is 0 Å². The first-order chi connectivity index (χ1) is 11.8. The number of benzene rings is 1. The number of hydrogen-bond acceptors (Lipinski definition) is 6. The molecule has 0 aliphatic carbocycles. The first kappa shape index (κ1) is 15.2. The summed E-state index contributed by atoms with van der Waals surface area (Å²) >= 11 is 1.74. The molecule has 0 atom stereocenters. The summed E-state index contributed by atoms with van der Waals surface area (Å²) in [5.74, 6) is 1.97. The molecule has 2 aromatic heterocycles. The summed E-state index contributed by atoms with van der Waals surface area (Å²) in [5, 5.41) is 1.10. The molecule has 0 radical (unpaired) electrons. The number of hydrogen-bond donors (Lipinski definition) is 0. The highest BCUT2D eigenvalue weighted by molar-refractivity contribution is 7.22. The standard InChI is InChI=1S/C18H20N4OS/c1-2-23-14-6-7-15-16(13-14)24-18(20-15)22-11-9-21(10-12-22)17-5-3-4-8-19-17/h3-8,13H,2,9-12H2,1H3. The summed E-state index contributed by atoms with van der Waals surface area (Å²) in [4.78, 5) is 13.9. The number of thiazole rings is 1. The predicted octanol–water partition coefficient (Wildman–Crippen LogP) is 3.42. The average Bonchev–Trinajstić information content (AvgIpc) is 3.06. The van der Waals surface area contributed by atoms with E-state index in [4.69, 9.17) is 9.72 Å². The molecule has 1 aromatic carbocycles. The van der Waals surface area contributed by atoms with Crippen molar-refractivity contribution in [1.29, 1.82) is 0 Å². The lowest BCUT2D eigenvalue weighted by atomic mass is 10.3. The second-order valence-corrected chi connectivity index (χ2v) is 6.73. The fraction of sp³-hybridized carbons (Fsp3) is 0.333. The van der Waals surface area contributed by atoms with Crippen LogP contribution in [0, 0.1) is 0 Å². The summed E-state index contributed by atoms with van der Waals surface area (Å²) in [6.45, 7) is 6.56. The van der Waals surface area contributed by atoms with Crippen LogP contribution in [0.5, 0.6) is 5.75 Å². The van der Waals surface area contributed by atoms with Crippen LogP contribution >= 0.6 is 11.3 Å². The Morgan fingerprint density at radius 1 is 1.08 bits per heavy atom. The normalized spacial score (nSPS) is 15.0. The molecule has 1 aliphatic heterocycles. The highest BCUT2D eigenvalue weighted by Crippen LogP contribution is 2.32. The van der Waals surface area contributed by atoms with E-state index in [1.165, 1.54) is 4.70 Å². The van der Waals surface area contributed by atoms with E-state index < -0.39 is 0 Å². The van der Waals surface area contributed by atoms with Gasteiger partial charge in [-0.25, -0.2) is 9.97 Å². The monoisotopic (exact) mass is 340 g/mol. The summed E-state index contributed by atoms with van der Waals surface area (Å²) in [7, 11) is 0. The topological polar surface area (TPSA) is 41.5 Å². The Bertz CT molecular complexity index is 812. The van der Waals surface area contributed by atoms with Crippen molar-refractivity contribution >= 4 is 32.5 Å². The second-order valence-electron chi connectivity index (χ2n) is 5.72. The fourth-order valence-electron chi connectivity index (χ4n) is 2.95. The summed E-state index contributed by atoms with van der Waals surface area (Å²) < 4.78 is 6.77. The molecule has 4 rings (SSSR count). The molecule has 6 heteroatoms. The molecular formula is C18H20N4OS. The molecule has 0 unspecified atom stereocenters. The molecule has 0 amide bonds. The van der Waals surface area contributed by atoms with Gasteiger partial charge in [-0.2, -0.15) is 0 Å². The second kappa shape index (κ2) is 6.65. The van der Waals surface area contributed by atoms with E-state index in [0.29, 0.717) is 6.61 Å². The molecular weight excluding hydrogens is 320 g/mol. The molecule has 3 aromatic rings. The fourth-order valence-corrected chi connectivity index (χ4v) is 4.00. The van der Waals surface area contributed by atoms with Gasteiger partial charge in [0, 0.05) is 32.4 Å². The maximum Gasteiger partial charge on any atom is 0.186 e. The number of nitrogens with zero attached hydrogens (tertiary/aromatic N) is 4. The van der Waals surface area contributed by atoms with E-state index in [0.717, 1.165) is 48.4 Å². The third kappa shape index (κ3) is 3.01. The molecule has 0 spiro atoms. The van der Waals surface area contributed by atoms with Crippen molar-refractivity contribution in [3.8, 4) is 5.75 Å². The van der Waals surface area contributed by atoms with Gasteiger partial charge < -0.3 is 14.5 Å². The van der Waals surface area contributed by atoms with Gasteiger partial charge in [-0.05, 0) is 37.3 Å². The van der Waals surface area contributed by atoms with Crippen LogP contribution < -0.4 is 14.5 Å². The minimum absolute atomic E-state index is 0.687. The van der Waals surface area contributed by atoms with Gasteiger partial charge in [0.15, 0.2) is 5.13 Å². The zero-order chi connectivity index (χ0) is 16.4. The lowest BCUT2D eigenvalue weighted by Crippen LogP contribution is -2.46. The van der Waals surface area contributed by atoms with Crippen molar-refractivity contribution in [2.24, 2.45) is 0 Å². The van der Waals surface area contributed by atoms with E-state index in [2.05, 4.69) is 26.9 Å². The SMILES string of the molecule is CCOc1ccc2nc(N3CCN(c4ccccn4)CC3)sc2c1. The Morgan fingerprint density at radius 3 is 2.67 bits per heavy atom. The zero-order valence-corrected chi connectivity index (χ0v) is 14.5. The van der Waals surface area contributed by atoms with Crippen molar-refractivity contribution in [2.45, 2.75) is 6.92 Å². The molecule has 0 saturated carbocycles. The van der Waals surface area contributed by atoms with E-state index in [1.807, 2.05) is 37.4 Å². The predicted molar refractivity (Wildman–Crippen MR) is 99.5 cm³/mol. The minimum atomic E-state index is 0.687. The number of ether oxygens (including phenoxy) is 1. The number of piperazine rings is 1. The Morgan fingerprint density at radius 2 is 1.92 bits per heavy atom. The van der Waals surface area contributed by atoms with Crippen LogP contribution in [0.3, 0.4) is 0 Å². The Balaban J connectivity index is 1.48. The Kier molecular flexibility index (Phi) is 4.21. The van der Waals surface area contributed by atoms with E-state index in [-0.39, 0.29) is 0 Å². The quantitative estimate of drug-likeness (QED) is 0.728. The maximum atomic E-state index is 5.58. The number of rotatable bonds is 4. The lowest BCUT2D eigenvalue weighted by Gasteiger charge is -2.35. The zero-order valence-electron chi connectivity index (χ0n) is 13.7. The first-order valence-electron chi connectivity index (χ1n) is 8.28. The molecule has 1 saturated heterocycles. The maximum absolute atomic E-state index is 5.58. The van der Waals surface area contributed by atoms with E-state index in [9.17, 15) is 0 Å². The highest BCUT2D eigenvalue weighted by atomic mass is 32.1. The van der Waals surface area contributed by atoms with Gasteiger partial charge in [0.1, 0.15) is 11.6 Å². The minimum Gasteiger partial charge on any atom is -0.494 e. The van der Waals surface area contributed by atoms with Crippen molar-refractivity contribution in [3.05, 3.63) is 42.6 Å². The average molecular weight is 340 g/mol. The molecule has 5 nitrogen and oxygen atoms in total. The van der Waals surface area contributed by atoms with E-state index >= 15 is 0 Å². The highest BCUT2D eigenvalue weighted by Gasteiger charge is 2.20. The van der Waals surface area contributed by atoms with Crippen molar-refractivity contribution < 1.29 is 4.74 Å².